The average Bonchev–Trinajstić information content (AvgIpc) is 2.47. The van der Waals surface area contributed by atoms with Gasteiger partial charge in [0.25, 0.3) is 0 Å². The number of hydrogen-bond acceptors (Lipinski definition) is 5. The van der Waals surface area contributed by atoms with E-state index in [2.05, 4.69) is 5.32 Å². The molecule has 0 spiro atoms. The lowest BCUT2D eigenvalue weighted by atomic mass is 10.1. The van der Waals surface area contributed by atoms with E-state index < -0.39 is 0 Å². The number of benzene rings is 1. The van der Waals surface area contributed by atoms with Gasteiger partial charge in [-0.2, -0.15) is 0 Å². The van der Waals surface area contributed by atoms with E-state index in [1.807, 2.05) is 13.8 Å². The largest absolute Gasteiger partial charge is 0.494 e. The summed E-state index contributed by atoms with van der Waals surface area (Å²) in [5, 5.41) is 11.7. The third-order valence-corrected chi connectivity index (χ3v) is 2.78. The van der Waals surface area contributed by atoms with E-state index in [-0.39, 0.29) is 18.4 Å². The minimum atomic E-state index is -0.273. The molecule has 0 aliphatic rings. The second kappa shape index (κ2) is 9.47. The first kappa shape index (κ1) is 16.6. The highest BCUT2D eigenvalue weighted by Gasteiger charge is 2.14. The number of nitrogens with one attached hydrogen (secondary N) is 1. The fourth-order valence-corrected chi connectivity index (χ4v) is 1.74. The number of ketones is 1. The monoisotopic (exact) mass is 281 g/mol. The first-order valence-electron chi connectivity index (χ1n) is 6.88. The molecule has 0 heterocycles. The Labute approximate surface area is 119 Å². The predicted octanol–water partition coefficient (Wildman–Crippen LogP) is 1.25. The first-order valence-corrected chi connectivity index (χ1v) is 6.88. The van der Waals surface area contributed by atoms with Crippen molar-refractivity contribution in [3.63, 3.8) is 0 Å². The van der Waals surface area contributed by atoms with Gasteiger partial charge in [-0.15, -0.1) is 0 Å². The number of rotatable bonds is 10. The van der Waals surface area contributed by atoms with Gasteiger partial charge in [-0.25, -0.2) is 0 Å². The van der Waals surface area contributed by atoms with Crippen LogP contribution in [0.25, 0.3) is 0 Å². The van der Waals surface area contributed by atoms with Crippen molar-refractivity contribution in [1.29, 1.82) is 0 Å². The van der Waals surface area contributed by atoms with Crippen LogP contribution in [-0.4, -0.2) is 49.9 Å². The smallest absolute Gasteiger partial charge is 0.179 e. The third kappa shape index (κ3) is 5.69. The first-order chi connectivity index (χ1) is 9.69. The van der Waals surface area contributed by atoms with Crippen LogP contribution in [0.5, 0.6) is 5.75 Å². The Morgan fingerprint density at radius 2 is 2.00 bits per heavy atom. The predicted molar refractivity (Wildman–Crippen MR) is 77.3 cm³/mol. The van der Waals surface area contributed by atoms with Crippen molar-refractivity contribution in [3.8, 4) is 5.75 Å². The lowest BCUT2D eigenvalue weighted by Crippen LogP contribution is -2.36. The SMILES string of the molecule is CCOc1ccc(C(=O)C(C)NCCOCCO)cc1. The Morgan fingerprint density at radius 3 is 2.60 bits per heavy atom. The Hall–Kier alpha value is -1.43. The van der Waals surface area contributed by atoms with Gasteiger partial charge in [-0.05, 0) is 38.1 Å². The molecule has 5 heteroatoms. The number of aliphatic hydroxyl groups is 1. The highest BCUT2D eigenvalue weighted by atomic mass is 16.5. The van der Waals surface area contributed by atoms with Gasteiger partial charge in [-0.3, -0.25) is 4.79 Å². The van der Waals surface area contributed by atoms with Crippen molar-refractivity contribution < 1.29 is 19.4 Å². The van der Waals surface area contributed by atoms with Crippen LogP contribution in [0.3, 0.4) is 0 Å². The minimum Gasteiger partial charge on any atom is -0.494 e. The maximum atomic E-state index is 12.1. The standard InChI is InChI=1S/C15H23NO4/c1-3-20-14-6-4-13(5-7-14)15(18)12(2)16-8-10-19-11-9-17/h4-7,12,16-17H,3,8-11H2,1-2H3. The molecule has 0 fully saturated rings. The summed E-state index contributed by atoms with van der Waals surface area (Å²) in [7, 11) is 0. The molecule has 20 heavy (non-hydrogen) atoms. The zero-order chi connectivity index (χ0) is 14.8. The van der Waals surface area contributed by atoms with Crippen LogP contribution in [0.1, 0.15) is 24.2 Å². The molecule has 1 aromatic carbocycles. The summed E-state index contributed by atoms with van der Waals surface area (Å²) in [5.41, 5.74) is 0.657. The maximum Gasteiger partial charge on any atom is 0.179 e. The molecule has 1 aromatic rings. The maximum absolute atomic E-state index is 12.1. The molecular formula is C15H23NO4. The van der Waals surface area contributed by atoms with E-state index in [1.54, 1.807) is 24.3 Å². The second-order valence-electron chi connectivity index (χ2n) is 4.33. The second-order valence-corrected chi connectivity index (χ2v) is 4.33. The highest BCUT2D eigenvalue weighted by Crippen LogP contribution is 2.13. The molecule has 0 aliphatic heterocycles. The van der Waals surface area contributed by atoms with E-state index in [0.29, 0.717) is 31.9 Å². The number of hydrogen-bond donors (Lipinski definition) is 2. The Balaban J connectivity index is 2.39. The van der Waals surface area contributed by atoms with Crippen molar-refractivity contribution >= 4 is 5.78 Å². The van der Waals surface area contributed by atoms with Crippen molar-refractivity contribution in [3.05, 3.63) is 29.8 Å². The Bertz CT molecular complexity index is 391. The van der Waals surface area contributed by atoms with Crippen LogP contribution in [0.4, 0.5) is 0 Å². The summed E-state index contributed by atoms with van der Waals surface area (Å²) in [6, 6.07) is 6.87. The van der Waals surface area contributed by atoms with Crippen LogP contribution in [-0.2, 0) is 4.74 Å². The topological polar surface area (TPSA) is 67.8 Å². The lowest BCUT2D eigenvalue weighted by molar-refractivity contribution is 0.0870. The fourth-order valence-electron chi connectivity index (χ4n) is 1.74. The quantitative estimate of drug-likeness (QED) is 0.499. The Morgan fingerprint density at radius 1 is 1.30 bits per heavy atom. The molecule has 2 N–H and O–H groups in total. The van der Waals surface area contributed by atoms with Gasteiger partial charge < -0.3 is 19.9 Å². The van der Waals surface area contributed by atoms with Gasteiger partial charge in [0.1, 0.15) is 5.75 Å². The van der Waals surface area contributed by atoms with Crippen LogP contribution < -0.4 is 10.1 Å². The van der Waals surface area contributed by atoms with Crippen LogP contribution in [0.2, 0.25) is 0 Å². The van der Waals surface area contributed by atoms with Crippen molar-refractivity contribution in [2.24, 2.45) is 0 Å². The van der Waals surface area contributed by atoms with E-state index in [9.17, 15) is 4.79 Å². The van der Waals surface area contributed by atoms with Crippen molar-refractivity contribution in [1.82, 2.24) is 5.32 Å². The molecule has 0 amide bonds. The van der Waals surface area contributed by atoms with Gasteiger partial charge in [0.2, 0.25) is 0 Å². The summed E-state index contributed by atoms with van der Waals surface area (Å²) >= 11 is 0. The lowest BCUT2D eigenvalue weighted by Gasteiger charge is -2.13. The molecule has 0 bridgehead atoms. The summed E-state index contributed by atoms with van der Waals surface area (Å²) in [6.07, 6.45) is 0. The molecule has 0 aliphatic carbocycles. The molecule has 0 saturated heterocycles. The molecule has 1 atom stereocenters. The molecule has 5 nitrogen and oxygen atoms in total. The van der Waals surface area contributed by atoms with Gasteiger partial charge >= 0.3 is 0 Å². The fraction of sp³-hybridized carbons (Fsp3) is 0.533. The van der Waals surface area contributed by atoms with E-state index >= 15 is 0 Å². The van der Waals surface area contributed by atoms with Crippen LogP contribution in [0, 0.1) is 0 Å². The van der Waals surface area contributed by atoms with E-state index in [4.69, 9.17) is 14.6 Å². The summed E-state index contributed by atoms with van der Waals surface area (Å²) in [6.45, 7) is 5.74. The summed E-state index contributed by atoms with van der Waals surface area (Å²) in [4.78, 5) is 12.1. The number of ether oxygens (including phenoxy) is 2. The number of Topliss-reactive ketones (excluding diaryl/α,β-unsaturated/α-hetero) is 1. The number of carbonyl (C=O) groups is 1. The molecule has 1 rings (SSSR count). The van der Waals surface area contributed by atoms with Gasteiger partial charge in [-0.1, -0.05) is 0 Å². The van der Waals surface area contributed by atoms with E-state index in [0.717, 1.165) is 5.75 Å². The van der Waals surface area contributed by atoms with Crippen molar-refractivity contribution in [2.45, 2.75) is 19.9 Å². The number of aliphatic hydroxyl groups excluding tert-OH is 1. The van der Waals surface area contributed by atoms with Gasteiger partial charge in [0, 0.05) is 12.1 Å². The zero-order valence-electron chi connectivity index (χ0n) is 12.1. The summed E-state index contributed by atoms with van der Waals surface area (Å²) in [5.74, 6) is 0.803. The zero-order valence-corrected chi connectivity index (χ0v) is 12.1. The molecule has 0 radical (unpaired) electrons. The molecule has 1 unspecified atom stereocenters. The molecule has 0 saturated carbocycles. The minimum absolute atomic E-state index is 0.0145. The average molecular weight is 281 g/mol. The van der Waals surface area contributed by atoms with Crippen molar-refractivity contribution in [2.75, 3.05) is 33.0 Å². The molecule has 0 aromatic heterocycles. The van der Waals surface area contributed by atoms with Crippen LogP contribution in [0.15, 0.2) is 24.3 Å². The normalized spacial score (nSPS) is 12.2. The highest BCUT2D eigenvalue weighted by molar-refractivity contribution is 5.99. The van der Waals surface area contributed by atoms with Gasteiger partial charge in [0.05, 0.1) is 32.5 Å². The van der Waals surface area contributed by atoms with E-state index in [1.165, 1.54) is 0 Å². The Kier molecular flexibility index (Phi) is 7.87. The van der Waals surface area contributed by atoms with Gasteiger partial charge in [0.15, 0.2) is 5.78 Å². The molecule has 112 valence electrons. The summed E-state index contributed by atoms with van der Waals surface area (Å²) < 4.78 is 10.5. The number of carbonyl (C=O) groups excluding carboxylic acids is 1. The third-order valence-electron chi connectivity index (χ3n) is 2.78. The molecular weight excluding hydrogens is 258 g/mol. The van der Waals surface area contributed by atoms with Crippen LogP contribution >= 0.6 is 0 Å².